The van der Waals surface area contributed by atoms with Gasteiger partial charge in [-0.3, -0.25) is 14.9 Å². The summed E-state index contributed by atoms with van der Waals surface area (Å²) in [6.07, 6.45) is 3.47. The first-order chi connectivity index (χ1) is 22.5. The number of hydrogen-bond acceptors (Lipinski definition) is 8. The molecule has 1 amide bonds. The molecule has 3 aliphatic rings. The quantitative estimate of drug-likeness (QED) is 0.120. The van der Waals surface area contributed by atoms with Crippen molar-refractivity contribution in [3.05, 3.63) is 45.7 Å². The molecule has 0 aliphatic carbocycles. The smallest absolute Gasteiger partial charge is 0.410 e. The van der Waals surface area contributed by atoms with Gasteiger partial charge in [0.25, 0.3) is 0 Å². The van der Waals surface area contributed by atoms with Crippen molar-refractivity contribution in [3.63, 3.8) is 0 Å². The van der Waals surface area contributed by atoms with E-state index in [0.717, 1.165) is 52.1 Å². The molecule has 3 aliphatic heterocycles. The Morgan fingerprint density at radius 1 is 1.13 bits per heavy atom. The molecule has 3 atom stereocenters. The summed E-state index contributed by atoms with van der Waals surface area (Å²) in [7, 11) is 1.59. The summed E-state index contributed by atoms with van der Waals surface area (Å²) in [6.45, 7) is 14.1. The Hall–Kier alpha value is -3.12. The summed E-state index contributed by atoms with van der Waals surface area (Å²) >= 11 is 12.1. The van der Waals surface area contributed by atoms with E-state index >= 15 is 4.39 Å². The molecule has 3 saturated heterocycles. The molecule has 0 spiro atoms. The molecule has 2 aromatic rings. The van der Waals surface area contributed by atoms with E-state index < -0.39 is 11.4 Å². The zero-order valence-electron chi connectivity index (χ0n) is 27.5. The minimum Gasteiger partial charge on any atom is -0.490 e. The van der Waals surface area contributed by atoms with E-state index in [1.807, 2.05) is 25.7 Å². The van der Waals surface area contributed by atoms with Crippen LogP contribution < -0.4 is 14.8 Å². The number of benzene rings is 2. The van der Waals surface area contributed by atoms with Crippen molar-refractivity contribution < 1.29 is 28.1 Å². The van der Waals surface area contributed by atoms with Gasteiger partial charge in [-0.1, -0.05) is 23.2 Å². The number of ether oxygens (including phenoxy) is 4. The number of hydrogen-bond donors (Lipinski definition) is 1. The van der Waals surface area contributed by atoms with E-state index in [0.29, 0.717) is 48.0 Å². The third-order valence-electron chi connectivity index (χ3n) is 8.57. The van der Waals surface area contributed by atoms with E-state index in [1.54, 1.807) is 19.2 Å². The molecule has 2 aromatic carbocycles. The van der Waals surface area contributed by atoms with Crippen molar-refractivity contribution in [2.24, 2.45) is 9.98 Å². The van der Waals surface area contributed by atoms with E-state index in [1.165, 1.54) is 12.1 Å². The molecule has 3 heterocycles. The van der Waals surface area contributed by atoms with Crippen LogP contribution >= 0.6 is 23.2 Å². The SMILES string of the molecule is C=Nc1cc(OCCCN2CCOCC2)c(O[C@@H]2C[C@H]3CC[C@@H](C2)N3C(=O)OC(C)(C)C)cc1/C(=N\C)Nc1ccc(Cl)c(Cl)c1F. The fourth-order valence-electron chi connectivity index (χ4n) is 6.38. The van der Waals surface area contributed by atoms with Crippen LogP contribution in [0.4, 0.5) is 20.6 Å². The number of aliphatic imine (C=N–C) groups is 2. The monoisotopic (exact) mass is 691 g/mol. The van der Waals surface area contributed by atoms with Crippen molar-refractivity contribution in [1.82, 2.24) is 9.80 Å². The number of nitrogens with one attached hydrogen (secondary N) is 1. The van der Waals surface area contributed by atoms with E-state index in [2.05, 4.69) is 26.9 Å². The topological polar surface area (TPSA) is 97.2 Å². The fraction of sp³-hybridized carbons (Fsp3) is 0.559. The Bertz CT molecular complexity index is 1470. The highest BCUT2D eigenvalue weighted by molar-refractivity contribution is 6.42. The van der Waals surface area contributed by atoms with Gasteiger partial charge in [0.1, 0.15) is 17.5 Å². The van der Waals surface area contributed by atoms with Crippen LogP contribution in [0.3, 0.4) is 0 Å². The minimum absolute atomic E-state index is 0.0205. The van der Waals surface area contributed by atoms with Gasteiger partial charge < -0.3 is 29.2 Å². The van der Waals surface area contributed by atoms with Gasteiger partial charge >= 0.3 is 6.09 Å². The molecule has 0 saturated carbocycles. The molecule has 0 radical (unpaired) electrons. The van der Waals surface area contributed by atoms with Crippen molar-refractivity contribution in [3.8, 4) is 11.5 Å². The van der Waals surface area contributed by atoms with Crippen molar-refractivity contribution in [1.29, 1.82) is 0 Å². The number of amides is 1. The molecule has 47 heavy (non-hydrogen) atoms. The molecular weight excluding hydrogens is 648 g/mol. The lowest BCUT2D eigenvalue weighted by molar-refractivity contribution is -0.00745. The standard InChI is InChI=1S/C34H44Cl2FN5O5/c1-34(2,3)47-33(43)42-21-7-8-22(42)18-23(17-21)46-29-19-24(32(39-5)40-26-10-9-25(35)30(36)31(26)37)27(38-4)20-28(29)45-14-6-11-41-12-15-44-16-13-41/h9-10,19-23H,4,6-8,11-18H2,1-3,5H3,(H,39,40)/t21-,22+,23-. The second-order valence-corrected chi connectivity index (χ2v) is 13.8. The summed E-state index contributed by atoms with van der Waals surface area (Å²) < 4.78 is 39.2. The highest BCUT2D eigenvalue weighted by Gasteiger charge is 2.45. The van der Waals surface area contributed by atoms with Crippen LogP contribution in [0, 0.1) is 5.82 Å². The Labute approximate surface area is 286 Å². The molecule has 1 N–H and O–H groups in total. The Morgan fingerprint density at radius 3 is 2.47 bits per heavy atom. The van der Waals surface area contributed by atoms with Crippen LogP contribution in [0.1, 0.15) is 58.4 Å². The van der Waals surface area contributed by atoms with Gasteiger partial charge in [0.05, 0.1) is 41.2 Å². The number of morpholine rings is 1. The number of carbonyl (C=O) groups excluding carboxylic acids is 1. The van der Waals surface area contributed by atoms with Crippen LogP contribution in [0.25, 0.3) is 0 Å². The predicted octanol–water partition coefficient (Wildman–Crippen LogP) is 7.36. The number of amidine groups is 1. The zero-order chi connectivity index (χ0) is 33.7. The zero-order valence-corrected chi connectivity index (χ0v) is 29.0. The summed E-state index contributed by atoms with van der Waals surface area (Å²) in [5.41, 5.74) is 0.556. The summed E-state index contributed by atoms with van der Waals surface area (Å²) in [5, 5.41) is 2.95. The molecule has 0 aromatic heterocycles. The van der Waals surface area contributed by atoms with Crippen molar-refractivity contribution >= 4 is 53.2 Å². The number of nitrogens with zero attached hydrogens (tertiary/aromatic N) is 4. The molecule has 10 nitrogen and oxygen atoms in total. The Morgan fingerprint density at radius 2 is 1.83 bits per heavy atom. The van der Waals surface area contributed by atoms with Gasteiger partial charge in [0, 0.05) is 63.2 Å². The largest absolute Gasteiger partial charge is 0.490 e. The molecule has 0 unspecified atom stereocenters. The summed E-state index contributed by atoms with van der Waals surface area (Å²) in [6, 6.07) is 6.62. The number of anilines is 1. The predicted molar refractivity (Wildman–Crippen MR) is 184 cm³/mol. The lowest BCUT2D eigenvalue weighted by atomic mass is 10.00. The first kappa shape index (κ1) is 35.2. The molecule has 5 rings (SSSR count). The first-order valence-electron chi connectivity index (χ1n) is 16.1. The average Bonchev–Trinajstić information content (AvgIpc) is 3.32. The second-order valence-electron chi connectivity index (χ2n) is 13.0. The maximum atomic E-state index is 15.0. The maximum Gasteiger partial charge on any atom is 0.410 e. The molecule has 256 valence electrons. The number of halogens is 3. The number of fused-ring (bicyclic) bond motifs is 2. The van der Waals surface area contributed by atoms with Gasteiger partial charge in [-0.2, -0.15) is 0 Å². The summed E-state index contributed by atoms with van der Waals surface area (Å²) in [5.74, 6) is 0.660. The number of rotatable bonds is 10. The highest BCUT2D eigenvalue weighted by atomic mass is 35.5. The van der Waals surface area contributed by atoms with Gasteiger partial charge in [0.2, 0.25) is 0 Å². The van der Waals surface area contributed by atoms with E-state index in [4.69, 9.17) is 42.1 Å². The van der Waals surface area contributed by atoms with Crippen LogP contribution in [-0.4, -0.2) is 98.7 Å². The van der Waals surface area contributed by atoms with Gasteiger partial charge in [-0.15, -0.1) is 0 Å². The Balaban J connectivity index is 1.39. The van der Waals surface area contributed by atoms with Gasteiger partial charge in [0.15, 0.2) is 17.3 Å². The van der Waals surface area contributed by atoms with Crippen LogP contribution in [0.2, 0.25) is 10.0 Å². The van der Waals surface area contributed by atoms with Gasteiger partial charge in [-0.25, -0.2) is 9.18 Å². The highest BCUT2D eigenvalue weighted by Crippen LogP contribution is 2.42. The molecule has 13 heteroatoms. The normalized spacial score (nSPS) is 21.8. The molecule has 3 fully saturated rings. The Kier molecular flexibility index (Phi) is 11.5. The van der Waals surface area contributed by atoms with Crippen molar-refractivity contribution in [2.45, 2.75) is 76.7 Å². The third-order valence-corrected chi connectivity index (χ3v) is 9.35. The van der Waals surface area contributed by atoms with Crippen LogP contribution in [0.15, 0.2) is 34.3 Å². The van der Waals surface area contributed by atoms with Crippen molar-refractivity contribution in [2.75, 3.05) is 51.8 Å². The molecule has 2 bridgehead atoms. The van der Waals surface area contributed by atoms with E-state index in [9.17, 15) is 4.79 Å². The lowest BCUT2D eigenvalue weighted by Gasteiger charge is -2.39. The number of carbonyl (C=O) groups is 1. The maximum absolute atomic E-state index is 15.0. The number of piperidine rings is 1. The van der Waals surface area contributed by atoms with Crippen LogP contribution in [-0.2, 0) is 9.47 Å². The van der Waals surface area contributed by atoms with Gasteiger partial charge in [-0.05, 0) is 65.0 Å². The second kappa shape index (κ2) is 15.4. The third kappa shape index (κ3) is 8.68. The average molecular weight is 693 g/mol. The fourth-order valence-corrected chi connectivity index (χ4v) is 6.69. The first-order valence-corrected chi connectivity index (χ1v) is 16.9. The van der Waals surface area contributed by atoms with E-state index in [-0.39, 0.29) is 40.0 Å². The van der Waals surface area contributed by atoms with Crippen LogP contribution in [0.5, 0.6) is 11.5 Å². The lowest BCUT2D eigenvalue weighted by Crippen LogP contribution is -2.50. The summed E-state index contributed by atoms with van der Waals surface area (Å²) in [4.78, 5) is 25.9. The molecular formula is C34H44Cl2FN5O5. The minimum atomic E-state index is -0.697.